The molecule has 118 valence electrons. The van der Waals surface area contributed by atoms with Gasteiger partial charge in [-0.3, -0.25) is 9.59 Å². The van der Waals surface area contributed by atoms with Crippen LogP contribution in [0.5, 0.6) is 5.75 Å². The van der Waals surface area contributed by atoms with E-state index in [4.69, 9.17) is 15.6 Å². The summed E-state index contributed by atoms with van der Waals surface area (Å²) >= 11 is 0. The Balaban J connectivity index is 2.59. The monoisotopic (exact) mass is 306 g/mol. The van der Waals surface area contributed by atoms with Crippen LogP contribution < -0.4 is 15.8 Å². The lowest BCUT2D eigenvalue weighted by atomic mass is 10.1. The predicted octanol–water partition coefficient (Wildman–Crippen LogP) is 0.543. The molecule has 0 aliphatic rings. The zero-order chi connectivity index (χ0) is 16.5. The number of methoxy groups -OCH3 is 1. The molecule has 0 radical (unpaired) electrons. The van der Waals surface area contributed by atoms with Crippen LogP contribution in [0.3, 0.4) is 0 Å². The summed E-state index contributed by atoms with van der Waals surface area (Å²) in [6.45, 7) is 0. The molecule has 1 aromatic rings. The molecule has 0 bridgehead atoms. The number of primary amides is 1. The smallest absolute Gasteiger partial charge is 0.326 e. The molecule has 0 aliphatic carbocycles. The summed E-state index contributed by atoms with van der Waals surface area (Å²) in [5.74, 6) is -1.70. The molecule has 7 heteroatoms. The van der Waals surface area contributed by atoms with E-state index in [2.05, 4.69) is 5.32 Å². The number of nitrogens with one attached hydrogen (secondary N) is 1. The first kappa shape index (κ1) is 17.2. The van der Waals surface area contributed by atoms with Gasteiger partial charge in [0.15, 0.2) is 0 Å². The fourth-order valence-electron chi connectivity index (χ4n) is 1.65. The van der Waals surface area contributed by atoms with Crippen molar-refractivity contribution in [1.82, 2.24) is 5.32 Å². The number of carboxylic acid groups (broad SMARTS) is 1. The number of nitrogens with two attached hydrogens (primary N) is 1. The highest BCUT2D eigenvalue weighted by Gasteiger charge is 2.19. The topological polar surface area (TPSA) is 119 Å². The summed E-state index contributed by atoms with van der Waals surface area (Å²) in [6.07, 6.45) is 2.61. The van der Waals surface area contributed by atoms with Gasteiger partial charge in [0.05, 0.1) is 7.11 Å². The van der Waals surface area contributed by atoms with E-state index in [0.717, 1.165) is 5.56 Å². The highest BCUT2D eigenvalue weighted by Crippen LogP contribution is 2.12. The van der Waals surface area contributed by atoms with Crippen molar-refractivity contribution in [3.8, 4) is 5.75 Å². The number of hydrogen-bond donors (Lipinski definition) is 3. The number of carbonyl (C=O) groups excluding carboxylic acids is 2. The molecule has 0 aromatic heterocycles. The summed E-state index contributed by atoms with van der Waals surface area (Å²) < 4.78 is 5.01. The van der Waals surface area contributed by atoms with Gasteiger partial charge in [0.2, 0.25) is 11.8 Å². The van der Waals surface area contributed by atoms with Gasteiger partial charge < -0.3 is 20.9 Å². The van der Waals surface area contributed by atoms with Crippen LogP contribution in [0, 0.1) is 0 Å². The van der Waals surface area contributed by atoms with Crippen LogP contribution >= 0.6 is 0 Å². The maximum absolute atomic E-state index is 11.7. The van der Waals surface area contributed by atoms with E-state index in [1.165, 1.54) is 6.08 Å². The Morgan fingerprint density at radius 2 is 1.95 bits per heavy atom. The largest absolute Gasteiger partial charge is 0.497 e. The minimum atomic E-state index is -1.22. The average Bonchev–Trinajstić information content (AvgIpc) is 2.49. The summed E-state index contributed by atoms with van der Waals surface area (Å²) in [6, 6.07) is 5.84. The van der Waals surface area contributed by atoms with Crippen molar-refractivity contribution in [2.24, 2.45) is 5.73 Å². The summed E-state index contributed by atoms with van der Waals surface area (Å²) in [4.78, 5) is 33.4. The van der Waals surface area contributed by atoms with Crippen molar-refractivity contribution in [1.29, 1.82) is 0 Å². The van der Waals surface area contributed by atoms with Gasteiger partial charge in [-0.2, -0.15) is 0 Å². The molecular formula is C15H18N2O5. The Bertz CT molecular complexity index is 566. The molecule has 4 N–H and O–H groups in total. The third kappa shape index (κ3) is 6.08. The minimum absolute atomic E-state index is 0.0488. The van der Waals surface area contributed by atoms with Gasteiger partial charge in [-0.1, -0.05) is 12.1 Å². The number of hydrogen-bond acceptors (Lipinski definition) is 4. The summed E-state index contributed by atoms with van der Waals surface area (Å²) in [7, 11) is 1.55. The van der Waals surface area contributed by atoms with Crippen molar-refractivity contribution in [3.63, 3.8) is 0 Å². The Labute approximate surface area is 127 Å². The molecule has 0 saturated carbocycles. The van der Waals surface area contributed by atoms with Crippen molar-refractivity contribution in [2.45, 2.75) is 18.9 Å². The molecule has 0 spiro atoms. The zero-order valence-corrected chi connectivity index (χ0v) is 12.1. The third-order valence-electron chi connectivity index (χ3n) is 2.84. The van der Waals surface area contributed by atoms with E-state index < -0.39 is 23.8 Å². The molecule has 0 saturated heterocycles. The van der Waals surface area contributed by atoms with E-state index in [0.29, 0.717) is 5.75 Å². The molecule has 2 amide bonds. The third-order valence-corrected chi connectivity index (χ3v) is 2.84. The quantitative estimate of drug-likeness (QED) is 0.606. The van der Waals surface area contributed by atoms with E-state index in [9.17, 15) is 14.4 Å². The fraction of sp³-hybridized carbons (Fsp3) is 0.267. The number of carbonyl (C=O) groups is 3. The van der Waals surface area contributed by atoms with Crippen LogP contribution in [0.4, 0.5) is 0 Å². The Morgan fingerprint density at radius 1 is 1.32 bits per heavy atom. The lowest BCUT2D eigenvalue weighted by Gasteiger charge is -2.11. The van der Waals surface area contributed by atoms with Gasteiger partial charge in [-0.05, 0) is 30.2 Å². The van der Waals surface area contributed by atoms with Crippen LogP contribution in [0.15, 0.2) is 30.3 Å². The second-order valence-corrected chi connectivity index (χ2v) is 4.51. The van der Waals surface area contributed by atoms with Crippen molar-refractivity contribution >= 4 is 23.9 Å². The molecule has 7 nitrogen and oxygen atoms in total. The van der Waals surface area contributed by atoms with E-state index in [1.54, 1.807) is 37.5 Å². The van der Waals surface area contributed by atoms with Gasteiger partial charge >= 0.3 is 5.97 Å². The lowest BCUT2D eigenvalue weighted by molar-refractivity contribution is -0.141. The van der Waals surface area contributed by atoms with Gasteiger partial charge in [0, 0.05) is 12.5 Å². The first-order valence-electron chi connectivity index (χ1n) is 6.56. The van der Waals surface area contributed by atoms with E-state index in [1.807, 2.05) is 0 Å². The number of aliphatic carboxylic acids is 1. The number of benzene rings is 1. The summed E-state index contributed by atoms with van der Waals surface area (Å²) in [5.41, 5.74) is 5.73. The molecular weight excluding hydrogens is 288 g/mol. The molecule has 0 aliphatic heterocycles. The highest BCUT2D eigenvalue weighted by atomic mass is 16.5. The maximum Gasteiger partial charge on any atom is 0.326 e. The number of rotatable bonds is 8. The van der Waals surface area contributed by atoms with Crippen molar-refractivity contribution in [3.05, 3.63) is 35.9 Å². The zero-order valence-electron chi connectivity index (χ0n) is 12.1. The SMILES string of the molecule is COc1ccc(/C=C/C(=O)N[C@@H](CCC(N)=O)C(=O)O)cc1. The van der Waals surface area contributed by atoms with Crippen LogP contribution in [-0.4, -0.2) is 36.0 Å². The Kier molecular flexibility index (Phi) is 6.62. The van der Waals surface area contributed by atoms with Crippen LogP contribution in [0.25, 0.3) is 6.08 Å². The fourth-order valence-corrected chi connectivity index (χ4v) is 1.65. The standard InChI is InChI=1S/C15H18N2O5/c1-22-11-5-2-10(3-6-11)4-9-14(19)17-12(15(20)21)7-8-13(16)18/h2-6,9,12H,7-8H2,1H3,(H2,16,18)(H,17,19)(H,20,21)/b9-4+/t12-/m0/s1. The normalized spacial score (nSPS) is 11.9. The Morgan fingerprint density at radius 3 is 2.45 bits per heavy atom. The molecule has 0 heterocycles. The van der Waals surface area contributed by atoms with E-state index in [-0.39, 0.29) is 12.8 Å². The molecule has 22 heavy (non-hydrogen) atoms. The van der Waals surface area contributed by atoms with Crippen molar-refractivity contribution < 1.29 is 24.2 Å². The summed E-state index contributed by atoms with van der Waals surface area (Å²) in [5, 5.41) is 11.3. The second kappa shape index (κ2) is 8.46. The molecule has 1 atom stereocenters. The number of carboxylic acids is 1. The molecule has 1 aromatic carbocycles. The molecule has 1 rings (SSSR count). The Hall–Kier alpha value is -2.83. The second-order valence-electron chi connectivity index (χ2n) is 4.51. The van der Waals surface area contributed by atoms with Crippen LogP contribution in [-0.2, 0) is 14.4 Å². The van der Waals surface area contributed by atoms with Gasteiger partial charge in [0.1, 0.15) is 11.8 Å². The predicted molar refractivity (Wildman–Crippen MR) is 80.0 cm³/mol. The van der Waals surface area contributed by atoms with Gasteiger partial charge in [-0.15, -0.1) is 0 Å². The van der Waals surface area contributed by atoms with Crippen LogP contribution in [0.1, 0.15) is 18.4 Å². The lowest BCUT2D eigenvalue weighted by Crippen LogP contribution is -2.40. The molecule has 0 fully saturated rings. The van der Waals surface area contributed by atoms with Gasteiger partial charge in [-0.25, -0.2) is 4.79 Å². The first-order valence-corrected chi connectivity index (χ1v) is 6.56. The minimum Gasteiger partial charge on any atom is -0.497 e. The van der Waals surface area contributed by atoms with E-state index >= 15 is 0 Å². The average molecular weight is 306 g/mol. The van der Waals surface area contributed by atoms with Gasteiger partial charge in [0.25, 0.3) is 0 Å². The highest BCUT2D eigenvalue weighted by molar-refractivity contribution is 5.94. The molecule has 0 unspecified atom stereocenters. The number of ether oxygens (including phenoxy) is 1. The van der Waals surface area contributed by atoms with Crippen LogP contribution in [0.2, 0.25) is 0 Å². The first-order chi connectivity index (χ1) is 10.4. The van der Waals surface area contributed by atoms with Crippen molar-refractivity contribution in [2.75, 3.05) is 7.11 Å². The number of amides is 2. The maximum atomic E-state index is 11.7.